The van der Waals surface area contributed by atoms with E-state index in [2.05, 4.69) is 41.1 Å². The number of thiocarbonyl (C=S) groups is 1. The number of piperazine rings is 1. The topological polar surface area (TPSA) is 18.5 Å². The highest BCUT2D eigenvalue weighted by Gasteiger charge is 2.18. The highest BCUT2D eigenvalue weighted by Crippen LogP contribution is 2.14. The molecule has 1 aliphatic heterocycles. The van der Waals surface area contributed by atoms with Crippen molar-refractivity contribution >= 4 is 23.0 Å². The van der Waals surface area contributed by atoms with Crippen molar-refractivity contribution in [2.45, 2.75) is 20.3 Å². The fraction of sp³-hybridized carbons (Fsp3) is 0.533. The number of nitrogens with zero attached hydrogens (tertiary/aromatic N) is 2. The maximum absolute atomic E-state index is 5.52. The van der Waals surface area contributed by atoms with E-state index in [1.165, 1.54) is 18.5 Å². The Kier molecular flexibility index (Phi) is 5.16. The highest BCUT2D eigenvalue weighted by molar-refractivity contribution is 7.80. The van der Waals surface area contributed by atoms with Crippen molar-refractivity contribution in [2.24, 2.45) is 0 Å². The van der Waals surface area contributed by atoms with Gasteiger partial charge < -0.3 is 10.2 Å². The second-order valence-corrected chi connectivity index (χ2v) is 5.46. The van der Waals surface area contributed by atoms with Crippen molar-refractivity contribution in [1.29, 1.82) is 0 Å². The van der Waals surface area contributed by atoms with Gasteiger partial charge in [0, 0.05) is 31.9 Å². The average molecular weight is 277 g/mol. The lowest BCUT2D eigenvalue weighted by molar-refractivity contribution is 0.184. The molecule has 1 aromatic carbocycles. The number of hydrogen-bond acceptors (Lipinski definition) is 2. The molecule has 1 heterocycles. The van der Waals surface area contributed by atoms with Crippen LogP contribution in [-0.4, -0.2) is 47.6 Å². The molecule has 0 spiro atoms. The zero-order valence-electron chi connectivity index (χ0n) is 11.9. The van der Waals surface area contributed by atoms with Crippen LogP contribution in [0.25, 0.3) is 0 Å². The van der Waals surface area contributed by atoms with E-state index in [1.807, 2.05) is 12.1 Å². The predicted molar refractivity (Wildman–Crippen MR) is 85.7 cm³/mol. The van der Waals surface area contributed by atoms with Gasteiger partial charge in [0.1, 0.15) is 0 Å². The zero-order valence-corrected chi connectivity index (χ0v) is 12.7. The van der Waals surface area contributed by atoms with Crippen LogP contribution in [0.1, 0.15) is 18.9 Å². The molecule has 1 fully saturated rings. The summed E-state index contributed by atoms with van der Waals surface area (Å²) in [6.45, 7) is 9.81. The molecule has 3 nitrogen and oxygen atoms in total. The molecule has 0 saturated carbocycles. The first-order valence-corrected chi connectivity index (χ1v) is 7.45. The second kappa shape index (κ2) is 6.87. The highest BCUT2D eigenvalue weighted by atomic mass is 32.1. The van der Waals surface area contributed by atoms with Gasteiger partial charge in [-0.15, -0.1) is 0 Å². The fourth-order valence-electron chi connectivity index (χ4n) is 2.40. The van der Waals surface area contributed by atoms with E-state index < -0.39 is 0 Å². The molecule has 1 N–H and O–H groups in total. The molecule has 19 heavy (non-hydrogen) atoms. The van der Waals surface area contributed by atoms with Crippen LogP contribution in [0.3, 0.4) is 0 Å². The predicted octanol–water partition coefficient (Wildman–Crippen LogP) is 2.72. The quantitative estimate of drug-likeness (QED) is 0.856. The van der Waals surface area contributed by atoms with E-state index in [9.17, 15) is 0 Å². The largest absolute Gasteiger partial charge is 0.346 e. The molecule has 0 bridgehead atoms. The van der Waals surface area contributed by atoms with Gasteiger partial charge >= 0.3 is 0 Å². The Balaban J connectivity index is 1.87. The first-order chi connectivity index (χ1) is 9.20. The van der Waals surface area contributed by atoms with E-state index in [1.54, 1.807) is 0 Å². The molecule has 1 aromatic rings. The van der Waals surface area contributed by atoms with Crippen LogP contribution in [0, 0.1) is 6.92 Å². The van der Waals surface area contributed by atoms with Crippen molar-refractivity contribution in [3.63, 3.8) is 0 Å². The van der Waals surface area contributed by atoms with Gasteiger partial charge in [-0.05, 0) is 43.7 Å². The van der Waals surface area contributed by atoms with Crippen molar-refractivity contribution in [1.82, 2.24) is 9.80 Å². The normalized spacial score (nSPS) is 16.4. The van der Waals surface area contributed by atoms with E-state index >= 15 is 0 Å². The summed E-state index contributed by atoms with van der Waals surface area (Å²) in [6, 6.07) is 8.27. The van der Waals surface area contributed by atoms with Crippen molar-refractivity contribution in [3.05, 3.63) is 29.8 Å². The van der Waals surface area contributed by atoms with Crippen LogP contribution < -0.4 is 5.32 Å². The molecule has 0 amide bonds. The Morgan fingerprint density at radius 3 is 2.53 bits per heavy atom. The summed E-state index contributed by atoms with van der Waals surface area (Å²) < 4.78 is 0. The van der Waals surface area contributed by atoms with Gasteiger partial charge in [0.2, 0.25) is 0 Å². The number of benzene rings is 1. The minimum Gasteiger partial charge on any atom is -0.346 e. The standard InChI is InChI=1S/C15H23N3S/c1-3-8-17-9-11-18(12-10-17)15(19)16-14-7-5-4-6-13(14)2/h4-7H,3,8-12H2,1-2H3,(H,16,19). The molecule has 0 aliphatic carbocycles. The summed E-state index contributed by atoms with van der Waals surface area (Å²) >= 11 is 5.52. The smallest absolute Gasteiger partial charge is 0.173 e. The lowest BCUT2D eigenvalue weighted by Gasteiger charge is -2.36. The maximum atomic E-state index is 5.52. The van der Waals surface area contributed by atoms with Crippen LogP contribution >= 0.6 is 12.2 Å². The van der Waals surface area contributed by atoms with E-state index in [0.717, 1.165) is 37.0 Å². The molecule has 0 aromatic heterocycles. The minimum absolute atomic E-state index is 0.852. The first-order valence-electron chi connectivity index (χ1n) is 7.04. The Hall–Kier alpha value is -1.13. The molecule has 0 radical (unpaired) electrons. The van der Waals surface area contributed by atoms with Gasteiger partial charge in [-0.2, -0.15) is 0 Å². The lowest BCUT2D eigenvalue weighted by atomic mass is 10.2. The van der Waals surface area contributed by atoms with Gasteiger partial charge in [-0.1, -0.05) is 25.1 Å². The SMILES string of the molecule is CCCN1CCN(C(=S)Nc2ccccc2C)CC1. The molecule has 1 aliphatic rings. The first kappa shape index (κ1) is 14.3. The van der Waals surface area contributed by atoms with Gasteiger partial charge in [-0.3, -0.25) is 4.90 Å². The summed E-state index contributed by atoms with van der Waals surface area (Å²) in [4.78, 5) is 4.78. The van der Waals surface area contributed by atoms with Crippen molar-refractivity contribution in [2.75, 3.05) is 38.0 Å². The van der Waals surface area contributed by atoms with Crippen LogP contribution in [0.5, 0.6) is 0 Å². The summed E-state index contributed by atoms with van der Waals surface area (Å²) in [5.74, 6) is 0. The van der Waals surface area contributed by atoms with E-state index in [0.29, 0.717) is 0 Å². The number of aryl methyl sites for hydroxylation is 1. The Morgan fingerprint density at radius 2 is 1.89 bits per heavy atom. The Morgan fingerprint density at radius 1 is 1.21 bits per heavy atom. The Bertz CT molecular complexity index is 425. The number of para-hydroxylation sites is 1. The van der Waals surface area contributed by atoms with Crippen LogP contribution in [-0.2, 0) is 0 Å². The zero-order chi connectivity index (χ0) is 13.7. The molecule has 1 saturated heterocycles. The summed E-state index contributed by atoms with van der Waals surface area (Å²) in [5, 5.41) is 4.22. The summed E-state index contributed by atoms with van der Waals surface area (Å²) in [5.41, 5.74) is 2.35. The number of anilines is 1. The van der Waals surface area contributed by atoms with Crippen LogP contribution in [0.2, 0.25) is 0 Å². The third-order valence-electron chi connectivity index (χ3n) is 3.59. The molecule has 2 rings (SSSR count). The number of nitrogens with one attached hydrogen (secondary N) is 1. The molecule has 0 atom stereocenters. The third kappa shape index (κ3) is 3.91. The average Bonchev–Trinajstić information content (AvgIpc) is 2.42. The molecular weight excluding hydrogens is 254 g/mol. The number of hydrogen-bond donors (Lipinski definition) is 1. The lowest BCUT2D eigenvalue weighted by Crippen LogP contribution is -2.50. The van der Waals surface area contributed by atoms with Gasteiger partial charge in [-0.25, -0.2) is 0 Å². The molecule has 104 valence electrons. The van der Waals surface area contributed by atoms with E-state index in [-0.39, 0.29) is 0 Å². The maximum Gasteiger partial charge on any atom is 0.173 e. The van der Waals surface area contributed by atoms with Crippen LogP contribution in [0.4, 0.5) is 5.69 Å². The summed E-state index contributed by atoms with van der Waals surface area (Å²) in [7, 11) is 0. The second-order valence-electron chi connectivity index (χ2n) is 5.07. The monoisotopic (exact) mass is 277 g/mol. The number of rotatable bonds is 3. The third-order valence-corrected chi connectivity index (χ3v) is 3.95. The minimum atomic E-state index is 0.852. The van der Waals surface area contributed by atoms with Crippen molar-refractivity contribution < 1.29 is 0 Å². The van der Waals surface area contributed by atoms with Gasteiger partial charge in [0.25, 0.3) is 0 Å². The Labute approximate surface area is 121 Å². The molecular formula is C15H23N3S. The molecule has 4 heteroatoms. The summed E-state index contributed by atoms with van der Waals surface area (Å²) in [6.07, 6.45) is 1.23. The molecule has 0 unspecified atom stereocenters. The van der Waals surface area contributed by atoms with Crippen LogP contribution in [0.15, 0.2) is 24.3 Å². The van der Waals surface area contributed by atoms with E-state index in [4.69, 9.17) is 12.2 Å². The van der Waals surface area contributed by atoms with Gasteiger partial charge in [0.05, 0.1) is 0 Å². The fourth-order valence-corrected chi connectivity index (χ4v) is 2.69. The van der Waals surface area contributed by atoms with Crippen molar-refractivity contribution in [3.8, 4) is 0 Å². The van der Waals surface area contributed by atoms with Gasteiger partial charge in [0.15, 0.2) is 5.11 Å².